The molecule has 6 heteroatoms. The normalized spacial score (nSPS) is 11.1. The van der Waals surface area contributed by atoms with Gasteiger partial charge in [-0.25, -0.2) is 4.98 Å². The highest BCUT2D eigenvalue weighted by molar-refractivity contribution is 7.17. The van der Waals surface area contributed by atoms with E-state index in [0.717, 1.165) is 17.0 Å². The van der Waals surface area contributed by atoms with Crippen molar-refractivity contribution in [3.63, 3.8) is 0 Å². The first kappa shape index (κ1) is 16.2. The second kappa shape index (κ2) is 7.17. The Kier molecular flexibility index (Phi) is 5.27. The van der Waals surface area contributed by atoms with Crippen molar-refractivity contribution in [2.45, 2.75) is 33.8 Å². The van der Waals surface area contributed by atoms with Gasteiger partial charge in [-0.3, -0.25) is 10.2 Å². The Morgan fingerprint density at radius 1 is 1.45 bits per heavy atom. The van der Waals surface area contributed by atoms with Crippen LogP contribution in [0.2, 0.25) is 0 Å². The maximum atomic E-state index is 11.4. The van der Waals surface area contributed by atoms with E-state index >= 15 is 0 Å². The first-order valence-corrected chi connectivity index (χ1v) is 7.81. The number of hydrazone groups is 1. The van der Waals surface area contributed by atoms with Gasteiger partial charge in [0.15, 0.2) is 5.78 Å². The lowest BCUT2D eigenvalue weighted by atomic mass is 10.2. The molecular weight excluding hydrogens is 298 g/mol. The van der Waals surface area contributed by atoms with E-state index in [1.807, 2.05) is 45.0 Å². The molecule has 0 bridgehead atoms. The molecule has 1 aromatic carbocycles. The van der Waals surface area contributed by atoms with Crippen molar-refractivity contribution in [3.05, 3.63) is 40.4 Å². The average Bonchev–Trinajstić information content (AvgIpc) is 2.80. The summed E-state index contributed by atoms with van der Waals surface area (Å²) in [5.74, 6) is 0.827. The third-order valence-electron chi connectivity index (χ3n) is 2.72. The van der Waals surface area contributed by atoms with Gasteiger partial charge in [0.1, 0.15) is 5.75 Å². The lowest BCUT2D eigenvalue weighted by molar-refractivity contribution is 0.102. The van der Waals surface area contributed by atoms with Gasteiger partial charge in [-0.1, -0.05) is 23.5 Å². The Bertz CT molecular complexity index is 692. The maximum absolute atomic E-state index is 11.4. The fourth-order valence-electron chi connectivity index (χ4n) is 1.87. The number of benzene rings is 1. The number of carbonyl (C=O) groups excluding carboxylic acids is 1. The van der Waals surface area contributed by atoms with Crippen molar-refractivity contribution in [1.29, 1.82) is 0 Å². The number of hydrogen-bond acceptors (Lipinski definition) is 6. The van der Waals surface area contributed by atoms with Gasteiger partial charge in [0.25, 0.3) is 0 Å². The molecule has 0 amide bonds. The molecule has 0 aliphatic carbocycles. The van der Waals surface area contributed by atoms with Crippen molar-refractivity contribution in [3.8, 4) is 5.75 Å². The van der Waals surface area contributed by atoms with Crippen molar-refractivity contribution in [1.82, 2.24) is 4.98 Å². The standard InChI is InChI=1S/C16H19N3O2S/c1-10(2)21-14-7-5-6-13(8-14)9-17-19-16-18-11(3)15(22-16)12(4)20/h5-10H,1-4H3,(H,18,19)/b17-9+. The van der Waals surface area contributed by atoms with E-state index in [9.17, 15) is 4.79 Å². The van der Waals surface area contributed by atoms with Crippen LogP contribution in [-0.4, -0.2) is 23.1 Å². The summed E-state index contributed by atoms with van der Waals surface area (Å²) in [4.78, 5) is 16.3. The molecule has 0 aliphatic rings. The molecule has 2 aromatic rings. The van der Waals surface area contributed by atoms with Crippen LogP contribution in [0.3, 0.4) is 0 Å². The van der Waals surface area contributed by atoms with Crippen LogP contribution in [0, 0.1) is 6.92 Å². The van der Waals surface area contributed by atoms with E-state index < -0.39 is 0 Å². The van der Waals surface area contributed by atoms with Crippen LogP contribution >= 0.6 is 11.3 Å². The van der Waals surface area contributed by atoms with Gasteiger partial charge in [-0.15, -0.1) is 0 Å². The van der Waals surface area contributed by atoms with Gasteiger partial charge in [-0.2, -0.15) is 5.10 Å². The smallest absolute Gasteiger partial charge is 0.204 e. The monoisotopic (exact) mass is 317 g/mol. The number of hydrogen-bond donors (Lipinski definition) is 1. The number of Topliss-reactive ketones (excluding diaryl/α,β-unsaturated/α-hetero) is 1. The van der Waals surface area contributed by atoms with Crippen LogP contribution in [0.1, 0.15) is 41.7 Å². The minimum Gasteiger partial charge on any atom is -0.491 e. The maximum Gasteiger partial charge on any atom is 0.204 e. The van der Waals surface area contributed by atoms with E-state index in [1.54, 1.807) is 6.21 Å². The predicted octanol–water partition coefficient (Wildman–Crippen LogP) is 3.89. The lowest BCUT2D eigenvalue weighted by Gasteiger charge is -2.09. The summed E-state index contributed by atoms with van der Waals surface area (Å²) in [6.07, 6.45) is 1.82. The SMILES string of the molecule is CC(=O)c1sc(N/N=C/c2cccc(OC(C)C)c2)nc1C. The number of nitrogens with one attached hydrogen (secondary N) is 1. The van der Waals surface area contributed by atoms with Crippen molar-refractivity contribution >= 4 is 28.5 Å². The van der Waals surface area contributed by atoms with Gasteiger partial charge in [0.2, 0.25) is 5.13 Å². The molecule has 0 saturated carbocycles. The molecule has 0 saturated heterocycles. The van der Waals surface area contributed by atoms with Gasteiger partial charge >= 0.3 is 0 Å². The molecule has 22 heavy (non-hydrogen) atoms. The van der Waals surface area contributed by atoms with Crippen LogP contribution < -0.4 is 10.2 Å². The molecule has 0 unspecified atom stereocenters. The molecule has 0 spiro atoms. The highest BCUT2D eigenvalue weighted by Gasteiger charge is 2.10. The summed E-state index contributed by atoms with van der Waals surface area (Å²) in [5, 5.41) is 4.76. The number of aryl methyl sites for hydroxylation is 1. The number of anilines is 1. The first-order chi connectivity index (χ1) is 10.5. The van der Waals surface area contributed by atoms with Crippen molar-refractivity contribution in [2.24, 2.45) is 5.10 Å². The Balaban J connectivity index is 2.03. The van der Waals surface area contributed by atoms with Gasteiger partial charge in [0.05, 0.1) is 22.9 Å². The minimum absolute atomic E-state index is 0.0190. The number of nitrogens with zero attached hydrogens (tertiary/aromatic N) is 2. The number of thiazole rings is 1. The van der Waals surface area contributed by atoms with Crippen LogP contribution in [-0.2, 0) is 0 Å². The summed E-state index contributed by atoms with van der Waals surface area (Å²) >= 11 is 1.30. The number of carbonyl (C=O) groups is 1. The molecule has 1 heterocycles. The Hall–Kier alpha value is -2.21. The second-order valence-corrected chi connectivity index (χ2v) is 6.10. The van der Waals surface area contributed by atoms with E-state index in [-0.39, 0.29) is 11.9 Å². The third-order valence-corrected chi connectivity index (χ3v) is 3.88. The Morgan fingerprint density at radius 3 is 2.86 bits per heavy atom. The summed E-state index contributed by atoms with van der Waals surface area (Å²) in [5.41, 5.74) is 4.50. The van der Waals surface area contributed by atoms with Crippen molar-refractivity contribution < 1.29 is 9.53 Å². The zero-order chi connectivity index (χ0) is 16.1. The number of aromatic nitrogens is 1. The molecule has 5 nitrogen and oxygen atoms in total. The zero-order valence-electron chi connectivity index (χ0n) is 13.1. The third kappa shape index (κ3) is 4.39. The van der Waals surface area contributed by atoms with Crippen LogP contribution in [0.4, 0.5) is 5.13 Å². The van der Waals surface area contributed by atoms with Crippen LogP contribution in [0.15, 0.2) is 29.4 Å². The molecule has 0 atom stereocenters. The lowest BCUT2D eigenvalue weighted by Crippen LogP contribution is -2.05. The van der Waals surface area contributed by atoms with Crippen LogP contribution in [0.5, 0.6) is 5.75 Å². The van der Waals surface area contributed by atoms with E-state index in [0.29, 0.717) is 10.0 Å². The van der Waals surface area contributed by atoms with E-state index in [4.69, 9.17) is 4.74 Å². The summed E-state index contributed by atoms with van der Waals surface area (Å²) in [7, 11) is 0. The fraction of sp³-hybridized carbons (Fsp3) is 0.312. The topological polar surface area (TPSA) is 63.6 Å². The summed E-state index contributed by atoms with van der Waals surface area (Å²) in [6.45, 7) is 7.32. The minimum atomic E-state index is 0.0190. The fourth-order valence-corrected chi connectivity index (χ4v) is 2.68. The Morgan fingerprint density at radius 2 is 2.23 bits per heavy atom. The second-order valence-electron chi connectivity index (χ2n) is 5.10. The summed E-state index contributed by atoms with van der Waals surface area (Å²) in [6, 6.07) is 7.68. The number of rotatable bonds is 6. The first-order valence-electron chi connectivity index (χ1n) is 7.00. The quantitative estimate of drug-likeness (QED) is 0.499. The van der Waals surface area contributed by atoms with Gasteiger partial charge < -0.3 is 4.74 Å². The summed E-state index contributed by atoms with van der Waals surface area (Å²) < 4.78 is 5.64. The molecule has 116 valence electrons. The van der Waals surface area contributed by atoms with Crippen molar-refractivity contribution in [2.75, 3.05) is 5.43 Å². The predicted molar refractivity (Wildman–Crippen MR) is 90.3 cm³/mol. The van der Waals surface area contributed by atoms with Gasteiger partial charge in [-0.05, 0) is 38.5 Å². The van der Waals surface area contributed by atoms with Crippen LogP contribution in [0.25, 0.3) is 0 Å². The van der Waals surface area contributed by atoms with Gasteiger partial charge in [0, 0.05) is 6.92 Å². The Labute approximate surface area is 134 Å². The molecule has 0 radical (unpaired) electrons. The molecule has 2 rings (SSSR count). The molecular formula is C16H19N3O2S. The molecule has 0 fully saturated rings. The number of ether oxygens (including phenoxy) is 1. The largest absolute Gasteiger partial charge is 0.491 e. The number of ketones is 1. The van der Waals surface area contributed by atoms with E-state index in [1.165, 1.54) is 18.3 Å². The average molecular weight is 317 g/mol. The van der Waals surface area contributed by atoms with E-state index in [2.05, 4.69) is 15.5 Å². The molecule has 1 N–H and O–H groups in total. The molecule has 0 aliphatic heterocycles. The highest BCUT2D eigenvalue weighted by atomic mass is 32.1. The highest BCUT2D eigenvalue weighted by Crippen LogP contribution is 2.22. The zero-order valence-corrected chi connectivity index (χ0v) is 13.9. The molecule has 1 aromatic heterocycles.